The highest BCUT2D eigenvalue weighted by Crippen LogP contribution is 2.43. The lowest BCUT2D eigenvalue weighted by molar-refractivity contribution is -0.140. The van der Waals surface area contributed by atoms with Crippen LogP contribution in [0.1, 0.15) is 154 Å². The molecule has 2 saturated heterocycles. The molecule has 0 aromatic heterocycles. The summed E-state index contributed by atoms with van der Waals surface area (Å²) >= 11 is 0. The normalized spacial score (nSPS) is 24.9. The van der Waals surface area contributed by atoms with Gasteiger partial charge < -0.3 is 25.8 Å². The third-order valence-electron chi connectivity index (χ3n) is 14.0. The van der Waals surface area contributed by atoms with Crippen LogP contribution in [0.5, 0.6) is 0 Å². The lowest BCUT2D eigenvalue weighted by Gasteiger charge is -2.30. The molecule has 2 unspecified atom stereocenters. The van der Waals surface area contributed by atoms with E-state index in [4.69, 9.17) is 0 Å². The SMILES string of the molecule is CCCCCCCC(=O)N1CCCC(C(=O)c2ccc(C(=O)N3C[C@@H](C(=O)N[C@H]4C[C@@H]4c4ccccc4)[C@H](C(=O)N[C@H]4C[C@@H]4c4ccccc4)C3)cc2)CC1C(=O)NCCCCCC. The zero-order valence-corrected chi connectivity index (χ0v) is 38.0. The van der Waals surface area contributed by atoms with Crippen LogP contribution >= 0.6 is 0 Å². The van der Waals surface area contributed by atoms with Crippen LogP contribution in [0.25, 0.3) is 0 Å². The fourth-order valence-corrected chi connectivity index (χ4v) is 9.99. The third-order valence-corrected chi connectivity index (χ3v) is 14.0. The lowest BCUT2D eigenvalue weighted by Crippen LogP contribution is -2.50. The maximum atomic E-state index is 14.2. The Labute approximate surface area is 379 Å². The summed E-state index contributed by atoms with van der Waals surface area (Å²) in [6.45, 7) is 5.51. The van der Waals surface area contributed by atoms with Crippen LogP contribution in [0.3, 0.4) is 0 Å². The molecule has 0 radical (unpaired) electrons. The summed E-state index contributed by atoms with van der Waals surface area (Å²) in [5, 5.41) is 9.47. The van der Waals surface area contributed by atoms with E-state index in [1.165, 1.54) is 11.1 Å². The number of hydrogen-bond acceptors (Lipinski definition) is 6. The number of nitrogens with one attached hydrogen (secondary N) is 3. The largest absolute Gasteiger partial charge is 0.354 e. The minimum Gasteiger partial charge on any atom is -0.354 e. The van der Waals surface area contributed by atoms with Gasteiger partial charge >= 0.3 is 0 Å². The maximum absolute atomic E-state index is 14.2. The molecule has 0 bridgehead atoms. The van der Waals surface area contributed by atoms with Crippen molar-refractivity contribution in [1.82, 2.24) is 25.8 Å². The number of carbonyl (C=O) groups is 6. The van der Waals surface area contributed by atoms with Gasteiger partial charge in [0.1, 0.15) is 6.04 Å². The van der Waals surface area contributed by atoms with Gasteiger partial charge in [-0.1, -0.05) is 132 Å². The van der Waals surface area contributed by atoms with Gasteiger partial charge in [-0.3, -0.25) is 28.8 Å². The Balaban J connectivity index is 1.00. The van der Waals surface area contributed by atoms with E-state index in [0.29, 0.717) is 43.5 Å². The van der Waals surface area contributed by atoms with Gasteiger partial charge in [0.05, 0.1) is 11.8 Å². The Morgan fingerprint density at radius 1 is 0.594 bits per heavy atom. The Hall–Kier alpha value is -5.32. The molecule has 3 N–H and O–H groups in total. The number of amides is 5. The van der Waals surface area contributed by atoms with E-state index in [0.717, 1.165) is 70.6 Å². The van der Waals surface area contributed by atoms with Crippen molar-refractivity contribution >= 4 is 35.3 Å². The van der Waals surface area contributed by atoms with Gasteiger partial charge in [0.25, 0.3) is 5.91 Å². The maximum Gasteiger partial charge on any atom is 0.253 e. The highest BCUT2D eigenvalue weighted by molar-refractivity contribution is 6.01. The average Bonchev–Trinajstić information content (AvgIpc) is 4.24. The second-order valence-electron chi connectivity index (χ2n) is 18.8. The first-order valence-electron chi connectivity index (χ1n) is 24.4. The molecule has 64 heavy (non-hydrogen) atoms. The summed E-state index contributed by atoms with van der Waals surface area (Å²) in [7, 11) is 0. The van der Waals surface area contributed by atoms with Crippen molar-refractivity contribution in [3.05, 3.63) is 107 Å². The molecule has 4 fully saturated rings. The van der Waals surface area contributed by atoms with Crippen LogP contribution < -0.4 is 16.0 Å². The second kappa shape index (κ2) is 22.5. The number of carbonyl (C=O) groups excluding carboxylic acids is 6. The van der Waals surface area contributed by atoms with Crippen molar-refractivity contribution in [2.75, 3.05) is 26.2 Å². The zero-order chi connectivity index (χ0) is 45.0. The zero-order valence-electron chi connectivity index (χ0n) is 38.0. The molecule has 0 spiro atoms. The van der Waals surface area contributed by atoms with E-state index in [2.05, 4.69) is 54.1 Å². The molecule has 11 heteroatoms. The molecule has 11 nitrogen and oxygen atoms in total. The van der Waals surface area contributed by atoms with Gasteiger partial charge in [-0.05, 0) is 68.2 Å². The molecule has 3 aromatic carbocycles. The average molecular weight is 872 g/mol. The first kappa shape index (κ1) is 46.7. The van der Waals surface area contributed by atoms with E-state index in [9.17, 15) is 28.8 Å². The summed E-state index contributed by atoms with van der Waals surface area (Å²) in [5.74, 6) is -2.47. The van der Waals surface area contributed by atoms with Gasteiger partial charge in [-0.25, -0.2) is 0 Å². The number of unbranched alkanes of at least 4 members (excludes halogenated alkanes) is 7. The number of likely N-dealkylation sites (tertiary alicyclic amines) is 2. The monoisotopic (exact) mass is 872 g/mol. The van der Waals surface area contributed by atoms with Crippen LogP contribution in [0.4, 0.5) is 0 Å². The highest BCUT2D eigenvalue weighted by atomic mass is 16.2. The Bertz CT molecular complexity index is 1980. The molecule has 4 aliphatic rings. The number of ketones is 1. The number of rotatable bonds is 21. The van der Waals surface area contributed by atoms with E-state index >= 15 is 0 Å². The van der Waals surface area contributed by atoms with Gasteiger partial charge in [0.2, 0.25) is 23.6 Å². The third kappa shape index (κ3) is 12.1. The van der Waals surface area contributed by atoms with E-state index < -0.39 is 23.8 Å². The number of benzene rings is 3. The summed E-state index contributed by atoms with van der Waals surface area (Å²) < 4.78 is 0. The smallest absolute Gasteiger partial charge is 0.253 e. The standard InChI is InChI=1S/C53H69N5O6/c1-3-5-7-9-16-24-48(59)58-30-18-23-40(31-47(58)52(63)54-29-17-8-6-4-2)49(60)38-25-27-39(28-26-38)53(64)57-34-43(50(61)55-45-32-41(45)36-19-12-10-13-20-36)44(35-57)51(62)56-46-33-42(46)37-21-14-11-15-22-37/h10-15,19-22,25-28,40-47H,3-9,16-18,23-24,29-35H2,1-2H3,(H,54,63)(H,55,61)(H,56,62)/t40?,41-,42-,43-,44-,45+,46+,47?/m1/s1. The topological polar surface area (TPSA) is 145 Å². The Morgan fingerprint density at radius 3 is 1.69 bits per heavy atom. The minimum absolute atomic E-state index is 0.0168. The molecular formula is C53H69N5O6. The molecule has 2 heterocycles. The van der Waals surface area contributed by atoms with E-state index in [1.807, 2.05) is 36.4 Å². The van der Waals surface area contributed by atoms with Gasteiger partial charge in [0, 0.05) is 73.6 Å². The first-order valence-corrected chi connectivity index (χ1v) is 24.4. The second-order valence-corrected chi connectivity index (χ2v) is 18.8. The number of hydrogen-bond donors (Lipinski definition) is 3. The summed E-state index contributed by atoms with van der Waals surface area (Å²) in [5.41, 5.74) is 3.16. The van der Waals surface area contributed by atoms with Crippen LogP contribution in [-0.4, -0.2) is 89.4 Å². The Kier molecular flexibility index (Phi) is 16.4. The fourth-order valence-electron chi connectivity index (χ4n) is 9.99. The summed E-state index contributed by atoms with van der Waals surface area (Å²) in [6.07, 6.45) is 12.7. The molecular weight excluding hydrogens is 803 g/mol. The first-order chi connectivity index (χ1) is 31.2. The molecule has 3 aromatic rings. The van der Waals surface area contributed by atoms with E-state index in [-0.39, 0.29) is 78.7 Å². The van der Waals surface area contributed by atoms with Gasteiger partial charge in [-0.2, -0.15) is 0 Å². The fraction of sp³-hybridized carbons (Fsp3) is 0.547. The lowest BCUT2D eigenvalue weighted by atomic mass is 9.88. The quantitative estimate of drug-likeness (QED) is 0.0732. The van der Waals surface area contributed by atoms with Crippen molar-refractivity contribution in [2.45, 2.75) is 140 Å². The number of Topliss-reactive ketones (excluding diaryl/α,β-unsaturated/α-hetero) is 1. The molecule has 5 amide bonds. The van der Waals surface area contributed by atoms with Crippen LogP contribution in [0.15, 0.2) is 84.9 Å². The van der Waals surface area contributed by atoms with Crippen LogP contribution in [-0.2, 0) is 19.2 Å². The predicted molar refractivity (Wildman–Crippen MR) is 248 cm³/mol. The van der Waals surface area contributed by atoms with Crippen molar-refractivity contribution in [3.63, 3.8) is 0 Å². The highest BCUT2D eigenvalue weighted by Gasteiger charge is 2.49. The van der Waals surface area contributed by atoms with Crippen LogP contribution in [0.2, 0.25) is 0 Å². The van der Waals surface area contributed by atoms with Crippen molar-refractivity contribution in [2.24, 2.45) is 17.8 Å². The van der Waals surface area contributed by atoms with E-state index in [1.54, 1.807) is 34.1 Å². The molecule has 2 aliphatic carbocycles. The molecule has 342 valence electrons. The summed E-state index contributed by atoms with van der Waals surface area (Å²) in [4.78, 5) is 86.9. The minimum atomic E-state index is -0.717. The van der Waals surface area contributed by atoms with Crippen molar-refractivity contribution in [1.29, 1.82) is 0 Å². The predicted octanol–water partition coefficient (Wildman–Crippen LogP) is 7.96. The van der Waals surface area contributed by atoms with Crippen molar-refractivity contribution < 1.29 is 28.8 Å². The molecule has 2 aliphatic heterocycles. The van der Waals surface area contributed by atoms with Crippen LogP contribution in [0, 0.1) is 17.8 Å². The van der Waals surface area contributed by atoms with Gasteiger partial charge in [-0.15, -0.1) is 0 Å². The molecule has 8 atom stereocenters. The number of nitrogens with zero attached hydrogens (tertiary/aromatic N) is 2. The molecule has 2 saturated carbocycles. The Morgan fingerprint density at radius 2 is 1.12 bits per heavy atom. The summed E-state index contributed by atoms with van der Waals surface area (Å²) in [6, 6.07) is 26.1. The van der Waals surface area contributed by atoms with Gasteiger partial charge in [0.15, 0.2) is 5.78 Å². The van der Waals surface area contributed by atoms with Crippen molar-refractivity contribution in [3.8, 4) is 0 Å². The molecule has 7 rings (SSSR count).